The molecule has 22 heavy (non-hydrogen) atoms. The Bertz CT molecular complexity index is 449. The summed E-state index contributed by atoms with van der Waals surface area (Å²) in [7, 11) is 0. The molecule has 6 nitrogen and oxygen atoms in total. The largest absolute Gasteiger partial charge is 0.467 e. The Kier molecular flexibility index (Phi) is 5.34. The van der Waals surface area contributed by atoms with Crippen molar-refractivity contribution >= 4 is 6.03 Å². The first-order chi connectivity index (χ1) is 10.8. The van der Waals surface area contributed by atoms with Crippen LogP contribution in [-0.2, 0) is 11.3 Å². The zero-order chi connectivity index (χ0) is 15.2. The summed E-state index contributed by atoms with van der Waals surface area (Å²) < 4.78 is 10.6. The molecule has 2 aliphatic rings. The van der Waals surface area contributed by atoms with Gasteiger partial charge in [-0.2, -0.15) is 0 Å². The van der Waals surface area contributed by atoms with Gasteiger partial charge in [-0.15, -0.1) is 0 Å². The second-order valence-corrected chi connectivity index (χ2v) is 6.08. The van der Waals surface area contributed by atoms with Crippen LogP contribution in [0.15, 0.2) is 22.8 Å². The van der Waals surface area contributed by atoms with Gasteiger partial charge in [0.1, 0.15) is 5.76 Å². The lowest BCUT2D eigenvalue weighted by Gasteiger charge is -2.36. The number of ether oxygens (including phenoxy) is 1. The normalized spacial score (nSPS) is 21.0. The number of hydrogen-bond acceptors (Lipinski definition) is 4. The first kappa shape index (κ1) is 15.4. The van der Waals surface area contributed by atoms with Gasteiger partial charge >= 0.3 is 6.03 Å². The molecule has 0 atom stereocenters. The van der Waals surface area contributed by atoms with E-state index in [1.165, 1.54) is 0 Å². The maximum atomic E-state index is 12.1. The van der Waals surface area contributed by atoms with Crippen LogP contribution < -0.4 is 5.32 Å². The Morgan fingerprint density at radius 3 is 2.68 bits per heavy atom. The molecule has 1 aromatic heterocycles. The number of morpholine rings is 1. The Balaban J connectivity index is 1.36. The van der Waals surface area contributed by atoms with Gasteiger partial charge in [0.2, 0.25) is 0 Å². The number of carbonyl (C=O) groups is 1. The van der Waals surface area contributed by atoms with E-state index in [0.717, 1.165) is 64.5 Å². The van der Waals surface area contributed by atoms with Crippen molar-refractivity contribution in [2.75, 3.05) is 45.9 Å². The fourth-order valence-corrected chi connectivity index (χ4v) is 3.16. The van der Waals surface area contributed by atoms with Crippen molar-refractivity contribution in [2.24, 2.45) is 5.92 Å². The fraction of sp³-hybridized carbons (Fsp3) is 0.688. The van der Waals surface area contributed by atoms with Crippen LogP contribution in [0.3, 0.4) is 0 Å². The van der Waals surface area contributed by atoms with E-state index in [0.29, 0.717) is 12.5 Å². The van der Waals surface area contributed by atoms with Crippen LogP contribution in [-0.4, -0.2) is 61.8 Å². The summed E-state index contributed by atoms with van der Waals surface area (Å²) >= 11 is 0. The highest BCUT2D eigenvalue weighted by molar-refractivity contribution is 5.74. The van der Waals surface area contributed by atoms with Gasteiger partial charge in [-0.05, 0) is 30.9 Å². The minimum atomic E-state index is 0.0150. The summed E-state index contributed by atoms with van der Waals surface area (Å²) in [6.45, 7) is 7.10. The third-order valence-corrected chi connectivity index (χ3v) is 4.52. The molecule has 3 rings (SSSR count). The zero-order valence-electron chi connectivity index (χ0n) is 13.0. The molecule has 0 spiro atoms. The van der Waals surface area contributed by atoms with Crippen LogP contribution in [0, 0.1) is 5.92 Å². The molecular formula is C16H25N3O3. The molecule has 1 aromatic rings. The molecule has 2 fully saturated rings. The van der Waals surface area contributed by atoms with E-state index in [9.17, 15) is 4.79 Å². The molecule has 2 saturated heterocycles. The predicted molar refractivity (Wildman–Crippen MR) is 82.5 cm³/mol. The Labute approximate surface area is 131 Å². The second-order valence-electron chi connectivity index (χ2n) is 6.08. The molecule has 0 bridgehead atoms. The SMILES string of the molecule is O=C(NCc1ccco1)N1CCC(CN2CCOCC2)CC1. The highest BCUT2D eigenvalue weighted by Gasteiger charge is 2.24. The molecule has 0 saturated carbocycles. The summed E-state index contributed by atoms with van der Waals surface area (Å²) in [4.78, 5) is 16.5. The van der Waals surface area contributed by atoms with Crippen LogP contribution >= 0.6 is 0 Å². The predicted octanol–water partition coefficient (Wildman–Crippen LogP) is 1.53. The third-order valence-electron chi connectivity index (χ3n) is 4.52. The van der Waals surface area contributed by atoms with E-state index in [2.05, 4.69) is 10.2 Å². The van der Waals surface area contributed by atoms with Crippen molar-refractivity contribution in [2.45, 2.75) is 19.4 Å². The third kappa shape index (κ3) is 4.24. The van der Waals surface area contributed by atoms with E-state index < -0.39 is 0 Å². The highest BCUT2D eigenvalue weighted by atomic mass is 16.5. The van der Waals surface area contributed by atoms with Crippen molar-refractivity contribution in [1.82, 2.24) is 15.1 Å². The standard InChI is InChI=1S/C16H25N3O3/c20-16(17-12-15-2-1-9-22-15)19-5-3-14(4-6-19)13-18-7-10-21-11-8-18/h1-2,9,14H,3-8,10-13H2,(H,17,20). The fourth-order valence-electron chi connectivity index (χ4n) is 3.16. The molecule has 0 aliphatic carbocycles. The summed E-state index contributed by atoms with van der Waals surface area (Å²) in [6, 6.07) is 3.72. The summed E-state index contributed by atoms with van der Waals surface area (Å²) in [5.41, 5.74) is 0. The van der Waals surface area contributed by atoms with Crippen LogP contribution in [0.2, 0.25) is 0 Å². The van der Waals surface area contributed by atoms with Gasteiger partial charge < -0.3 is 19.4 Å². The first-order valence-electron chi connectivity index (χ1n) is 8.16. The number of nitrogens with zero attached hydrogens (tertiary/aromatic N) is 2. The van der Waals surface area contributed by atoms with Gasteiger partial charge in [-0.25, -0.2) is 4.79 Å². The number of furan rings is 1. The molecule has 0 radical (unpaired) electrons. The summed E-state index contributed by atoms with van der Waals surface area (Å²) in [5, 5.41) is 2.92. The number of likely N-dealkylation sites (tertiary alicyclic amines) is 1. The van der Waals surface area contributed by atoms with Crippen molar-refractivity contribution in [3.8, 4) is 0 Å². The topological polar surface area (TPSA) is 58.0 Å². The van der Waals surface area contributed by atoms with Gasteiger partial charge in [0.15, 0.2) is 0 Å². The Morgan fingerprint density at radius 1 is 1.23 bits per heavy atom. The van der Waals surface area contributed by atoms with Crippen LogP contribution in [0.1, 0.15) is 18.6 Å². The van der Waals surface area contributed by atoms with E-state index in [-0.39, 0.29) is 6.03 Å². The lowest BCUT2D eigenvalue weighted by molar-refractivity contribution is 0.0258. The number of piperidine rings is 1. The van der Waals surface area contributed by atoms with Crippen LogP contribution in [0.5, 0.6) is 0 Å². The van der Waals surface area contributed by atoms with Crippen molar-refractivity contribution in [3.05, 3.63) is 24.2 Å². The number of hydrogen-bond donors (Lipinski definition) is 1. The minimum Gasteiger partial charge on any atom is -0.467 e. The lowest BCUT2D eigenvalue weighted by atomic mass is 9.96. The number of rotatable bonds is 4. The van der Waals surface area contributed by atoms with Crippen LogP contribution in [0.25, 0.3) is 0 Å². The number of urea groups is 1. The van der Waals surface area contributed by atoms with E-state index in [1.54, 1.807) is 6.26 Å². The monoisotopic (exact) mass is 307 g/mol. The zero-order valence-corrected chi connectivity index (χ0v) is 13.0. The molecule has 0 unspecified atom stereocenters. The quantitative estimate of drug-likeness (QED) is 0.916. The second kappa shape index (κ2) is 7.65. The molecule has 3 heterocycles. The van der Waals surface area contributed by atoms with Gasteiger partial charge in [-0.1, -0.05) is 0 Å². The van der Waals surface area contributed by atoms with Crippen molar-refractivity contribution in [3.63, 3.8) is 0 Å². The molecule has 1 N–H and O–H groups in total. The van der Waals surface area contributed by atoms with E-state index in [1.807, 2.05) is 17.0 Å². The maximum Gasteiger partial charge on any atom is 0.317 e. The van der Waals surface area contributed by atoms with Gasteiger partial charge in [-0.3, -0.25) is 4.90 Å². The van der Waals surface area contributed by atoms with Gasteiger partial charge in [0.05, 0.1) is 26.0 Å². The smallest absolute Gasteiger partial charge is 0.317 e. The highest BCUT2D eigenvalue weighted by Crippen LogP contribution is 2.19. The summed E-state index contributed by atoms with van der Waals surface area (Å²) in [6.07, 6.45) is 3.80. The van der Waals surface area contributed by atoms with Gasteiger partial charge in [0.25, 0.3) is 0 Å². The lowest BCUT2D eigenvalue weighted by Crippen LogP contribution is -2.47. The van der Waals surface area contributed by atoms with E-state index in [4.69, 9.17) is 9.15 Å². The summed E-state index contributed by atoms with van der Waals surface area (Å²) in [5.74, 6) is 1.49. The van der Waals surface area contributed by atoms with Crippen molar-refractivity contribution < 1.29 is 13.9 Å². The average molecular weight is 307 g/mol. The Hall–Kier alpha value is -1.53. The number of nitrogens with one attached hydrogen (secondary N) is 1. The molecule has 122 valence electrons. The van der Waals surface area contributed by atoms with E-state index >= 15 is 0 Å². The molecule has 2 aliphatic heterocycles. The maximum absolute atomic E-state index is 12.1. The van der Waals surface area contributed by atoms with Gasteiger partial charge in [0, 0.05) is 32.7 Å². The number of carbonyl (C=O) groups excluding carboxylic acids is 1. The Morgan fingerprint density at radius 2 is 2.00 bits per heavy atom. The number of amides is 2. The molecular weight excluding hydrogens is 282 g/mol. The minimum absolute atomic E-state index is 0.0150. The van der Waals surface area contributed by atoms with Crippen molar-refractivity contribution in [1.29, 1.82) is 0 Å². The molecule has 2 amide bonds. The molecule has 6 heteroatoms. The average Bonchev–Trinajstić information content (AvgIpc) is 3.08. The first-order valence-corrected chi connectivity index (χ1v) is 8.16. The van der Waals surface area contributed by atoms with Crippen LogP contribution in [0.4, 0.5) is 4.79 Å². The molecule has 0 aromatic carbocycles.